The standard InChI is InChI=1S/C27H38N8O3.ClH/c1-17(34-15-20-21(16-34)23(20)28)14-18-4-6-19(7-5-18)35-9-8-22(31-26(35)38)30-25(37)33-12-10-32(11-13-33)24(36)27(2,3)29;/h4-9,17,20-21,23H,10-16,28-29H2,1-3H3,(H,30,31,37,38);1H. The minimum absolute atomic E-state index is 0. The van der Waals surface area contributed by atoms with E-state index in [1.165, 1.54) is 10.1 Å². The molecule has 39 heavy (non-hydrogen) atoms. The zero-order valence-electron chi connectivity index (χ0n) is 22.7. The van der Waals surface area contributed by atoms with E-state index in [1.54, 1.807) is 35.9 Å². The van der Waals surface area contributed by atoms with E-state index in [0.717, 1.165) is 19.5 Å². The molecule has 1 saturated carbocycles. The molecule has 3 unspecified atom stereocenters. The Kier molecular flexibility index (Phi) is 8.36. The minimum atomic E-state index is -0.944. The maximum absolute atomic E-state index is 12.7. The number of nitrogens with one attached hydrogen (secondary N) is 1. The van der Waals surface area contributed by atoms with Crippen LogP contribution >= 0.6 is 12.4 Å². The van der Waals surface area contributed by atoms with E-state index in [2.05, 4.69) is 22.1 Å². The Hall–Kier alpha value is -2.99. The van der Waals surface area contributed by atoms with Crippen LogP contribution in [-0.2, 0) is 11.2 Å². The van der Waals surface area contributed by atoms with Crippen molar-refractivity contribution >= 4 is 30.2 Å². The van der Waals surface area contributed by atoms with Crippen LogP contribution in [0.5, 0.6) is 0 Å². The van der Waals surface area contributed by atoms with Gasteiger partial charge in [0.25, 0.3) is 0 Å². The van der Waals surface area contributed by atoms with E-state index in [4.69, 9.17) is 11.5 Å². The molecule has 2 saturated heterocycles. The normalized spacial score (nSPS) is 23.6. The third kappa shape index (κ3) is 6.27. The van der Waals surface area contributed by atoms with Crippen LogP contribution in [0, 0.1) is 11.8 Å². The van der Waals surface area contributed by atoms with Gasteiger partial charge in [0.05, 0.1) is 11.2 Å². The number of carbonyl (C=O) groups excluding carboxylic acids is 2. The van der Waals surface area contributed by atoms with E-state index < -0.39 is 11.2 Å². The van der Waals surface area contributed by atoms with Crippen LogP contribution in [0.15, 0.2) is 41.3 Å². The lowest BCUT2D eigenvalue weighted by molar-refractivity contribution is -0.137. The molecule has 3 aliphatic rings. The van der Waals surface area contributed by atoms with Crippen LogP contribution in [-0.4, -0.2) is 93.1 Å². The molecule has 0 bridgehead atoms. The number of piperidine rings is 1. The summed E-state index contributed by atoms with van der Waals surface area (Å²) in [6, 6.07) is 10.0. The number of aromatic nitrogens is 2. The number of benzene rings is 1. The second-order valence-corrected chi connectivity index (χ2v) is 11.5. The van der Waals surface area contributed by atoms with Gasteiger partial charge in [-0.05, 0) is 62.8 Å². The number of hydrogen-bond acceptors (Lipinski definition) is 7. The maximum Gasteiger partial charge on any atom is 0.354 e. The summed E-state index contributed by atoms with van der Waals surface area (Å²) >= 11 is 0. The molecule has 212 valence electrons. The first-order valence-corrected chi connectivity index (χ1v) is 13.3. The number of nitrogens with two attached hydrogens (primary N) is 2. The molecule has 0 radical (unpaired) electrons. The first kappa shape index (κ1) is 29.0. The quantitative estimate of drug-likeness (QED) is 0.478. The van der Waals surface area contributed by atoms with Crippen molar-refractivity contribution in [3.05, 3.63) is 52.6 Å². The van der Waals surface area contributed by atoms with Crippen LogP contribution in [0.25, 0.3) is 5.69 Å². The number of anilines is 1. The lowest BCUT2D eigenvalue weighted by atomic mass is 10.1. The second kappa shape index (κ2) is 11.2. The number of rotatable bonds is 6. The zero-order chi connectivity index (χ0) is 27.2. The van der Waals surface area contributed by atoms with Crippen molar-refractivity contribution < 1.29 is 9.59 Å². The molecule has 1 aliphatic carbocycles. The first-order valence-electron chi connectivity index (χ1n) is 13.3. The van der Waals surface area contributed by atoms with Crippen molar-refractivity contribution in [2.24, 2.45) is 23.3 Å². The number of piperazine rings is 1. The van der Waals surface area contributed by atoms with Gasteiger partial charge < -0.3 is 21.3 Å². The largest absolute Gasteiger partial charge is 0.354 e. The lowest BCUT2D eigenvalue weighted by Gasteiger charge is -2.37. The summed E-state index contributed by atoms with van der Waals surface area (Å²) in [5.74, 6) is 1.40. The third-order valence-corrected chi connectivity index (χ3v) is 8.10. The molecule has 1 aromatic carbocycles. The number of hydrogen-bond donors (Lipinski definition) is 3. The van der Waals surface area contributed by atoms with Crippen LogP contribution in [0.2, 0.25) is 0 Å². The zero-order valence-corrected chi connectivity index (χ0v) is 23.6. The predicted molar refractivity (Wildman–Crippen MR) is 152 cm³/mol. The fraction of sp³-hybridized carbons (Fsp3) is 0.556. The van der Waals surface area contributed by atoms with E-state index in [0.29, 0.717) is 55.8 Å². The van der Waals surface area contributed by atoms with Gasteiger partial charge in [0.15, 0.2) is 0 Å². The molecule has 3 heterocycles. The number of halogens is 1. The Labute approximate surface area is 234 Å². The highest BCUT2D eigenvalue weighted by Gasteiger charge is 2.54. The summed E-state index contributed by atoms with van der Waals surface area (Å²) in [6.45, 7) is 9.36. The molecule has 2 aliphatic heterocycles. The van der Waals surface area contributed by atoms with Crippen LogP contribution < -0.4 is 22.5 Å². The molecule has 12 heteroatoms. The summed E-state index contributed by atoms with van der Waals surface area (Å²) in [4.78, 5) is 47.6. The third-order valence-electron chi connectivity index (χ3n) is 8.10. The van der Waals surface area contributed by atoms with Crippen molar-refractivity contribution in [2.45, 2.75) is 44.8 Å². The van der Waals surface area contributed by atoms with Gasteiger partial charge in [0.1, 0.15) is 5.82 Å². The van der Waals surface area contributed by atoms with Gasteiger partial charge in [-0.3, -0.25) is 19.6 Å². The number of amides is 3. The number of nitrogens with zero attached hydrogens (tertiary/aromatic N) is 5. The molecule has 5 rings (SSSR count). The molecule has 3 amide bonds. The molecular weight excluding hydrogens is 520 g/mol. The van der Waals surface area contributed by atoms with Gasteiger partial charge in [-0.1, -0.05) is 12.1 Å². The van der Waals surface area contributed by atoms with Crippen LogP contribution in [0.4, 0.5) is 10.6 Å². The Bertz CT molecular complexity index is 1240. The fourth-order valence-electron chi connectivity index (χ4n) is 5.61. The first-order chi connectivity index (χ1) is 18.0. The summed E-state index contributed by atoms with van der Waals surface area (Å²) in [5, 5.41) is 2.69. The molecular formula is C27H39ClN8O3. The van der Waals surface area contributed by atoms with Crippen molar-refractivity contribution in [1.29, 1.82) is 0 Å². The average Bonchev–Trinajstić information content (AvgIpc) is 3.26. The van der Waals surface area contributed by atoms with Gasteiger partial charge in [-0.25, -0.2) is 9.59 Å². The molecule has 0 spiro atoms. The van der Waals surface area contributed by atoms with Gasteiger partial charge in [0.2, 0.25) is 5.91 Å². The van der Waals surface area contributed by atoms with Crippen molar-refractivity contribution in [1.82, 2.24) is 24.3 Å². The maximum atomic E-state index is 12.7. The number of urea groups is 1. The Balaban J connectivity index is 0.00000353. The van der Waals surface area contributed by atoms with Crippen LogP contribution in [0.3, 0.4) is 0 Å². The monoisotopic (exact) mass is 558 g/mol. The summed E-state index contributed by atoms with van der Waals surface area (Å²) < 4.78 is 1.46. The fourth-order valence-corrected chi connectivity index (χ4v) is 5.61. The minimum Gasteiger partial charge on any atom is -0.338 e. The predicted octanol–water partition coefficient (Wildman–Crippen LogP) is 0.888. The second-order valence-electron chi connectivity index (χ2n) is 11.5. The number of fused-ring (bicyclic) bond motifs is 1. The van der Waals surface area contributed by atoms with E-state index in [-0.39, 0.29) is 30.2 Å². The van der Waals surface area contributed by atoms with Crippen molar-refractivity contribution in [2.75, 3.05) is 44.6 Å². The van der Waals surface area contributed by atoms with E-state index >= 15 is 0 Å². The van der Waals surface area contributed by atoms with Crippen molar-refractivity contribution in [3.63, 3.8) is 0 Å². The van der Waals surface area contributed by atoms with Gasteiger partial charge in [0, 0.05) is 57.5 Å². The summed E-state index contributed by atoms with van der Waals surface area (Å²) in [7, 11) is 0. The Morgan fingerprint density at radius 3 is 2.21 bits per heavy atom. The molecule has 1 aromatic heterocycles. The molecule has 5 N–H and O–H groups in total. The Morgan fingerprint density at radius 1 is 1.05 bits per heavy atom. The SMILES string of the molecule is CC(Cc1ccc(-n2ccc(NC(=O)N3CCN(C(=O)C(C)(C)N)CC3)nc2=O)cc1)N1CC2C(N)C2C1.Cl. The smallest absolute Gasteiger partial charge is 0.338 e. The highest BCUT2D eigenvalue weighted by Crippen LogP contribution is 2.44. The average molecular weight is 559 g/mol. The van der Waals surface area contributed by atoms with Gasteiger partial charge >= 0.3 is 11.7 Å². The summed E-state index contributed by atoms with van der Waals surface area (Å²) in [6.07, 6.45) is 2.56. The highest BCUT2D eigenvalue weighted by molar-refractivity contribution is 5.89. The molecule has 3 fully saturated rings. The Morgan fingerprint density at radius 2 is 1.64 bits per heavy atom. The highest BCUT2D eigenvalue weighted by atomic mass is 35.5. The van der Waals surface area contributed by atoms with E-state index in [1.807, 2.05) is 24.3 Å². The number of likely N-dealkylation sites (tertiary alicyclic amines) is 1. The van der Waals surface area contributed by atoms with Gasteiger partial charge in [-0.15, -0.1) is 12.4 Å². The van der Waals surface area contributed by atoms with Crippen LogP contribution in [0.1, 0.15) is 26.3 Å². The van der Waals surface area contributed by atoms with E-state index in [9.17, 15) is 14.4 Å². The topological polar surface area (TPSA) is 143 Å². The van der Waals surface area contributed by atoms with Crippen molar-refractivity contribution in [3.8, 4) is 5.69 Å². The molecule has 2 aromatic rings. The summed E-state index contributed by atoms with van der Waals surface area (Å²) in [5.41, 5.74) is 12.5. The molecule has 11 nitrogen and oxygen atoms in total. The van der Waals surface area contributed by atoms with Gasteiger partial charge in [-0.2, -0.15) is 4.98 Å². The lowest BCUT2D eigenvalue weighted by Crippen LogP contribution is -2.58. The molecule has 3 atom stereocenters. The number of carbonyl (C=O) groups is 2.